The van der Waals surface area contributed by atoms with Crippen molar-refractivity contribution in [3.8, 4) is 0 Å². The van der Waals surface area contributed by atoms with Gasteiger partial charge in [0.25, 0.3) is 0 Å². The number of benzene rings is 1. The molecule has 1 heterocycles. The predicted octanol–water partition coefficient (Wildman–Crippen LogP) is 2.38. The predicted molar refractivity (Wildman–Crippen MR) is 103 cm³/mol. The van der Waals surface area contributed by atoms with Gasteiger partial charge >= 0.3 is 5.97 Å². The maximum Gasteiger partial charge on any atom is 0.306 e. The third-order valence-corrected chi connectivity index (χ3v) is 4.82. The maximum atomic E-state index is 12.2. The molecule has 6 heteroatoms. The van der Waals surface area contributed by atoms with Crippen LogP contribution in [-0.2, 0) is 25.5 Å². The molecule has 0 aliphatic carbocycles. The summed E-state index contributed by atoms with van der Waals surface area (Å²) in [5, 5.41) is 3.08. The Morgan fingerprint density at radius 2 is 1.74 bits per heavy atom. The standard InChI is InChI=1S/C21H30N2O4/c1-3-27-21(26)11-10-20(25)23-14-12-18(13-15-23)22-19(24)9-8-17-6-4-16(2)5-7-17/h4-7,18H,3,8-15H2,1-2H3,(H,22,24). The van der Waals surface area contributed by atoms with Crippen LogP contribution in [0.15, 0.2) is 24.3 Å². The number of esters is 1. The van der Waals surface area contributed by atoms with E-state index in [9.17, 15) is 14.4 Å². The molecule has 0 radical (unpaired) electrons. The lowest BCUT2D eigenvalue weighted by Crippen LogP contribution is -2.46. The molecule has 0 unspecified atom stereocenters. The first-order valence-electron chi connectivity index (χ1n) is 9.76. The number of carbonyl (C=O) groups is 3. The van der Waals surface area contributed by atoms with Crippen LogP contribution in [0.3, 0.4) is 0 Å². The van der Waals surface area contributed by atoms with Crippen molar-refractivity contribution in [2.75, 3.05) is 19.7 Å². The Morgan fingerprint density at radius 1 is 1.07 bits per heavy atom. The molecule has 0 aromatic heterocycles. The molecule has 0 saturated carbocycles. The van der Waals surface area contributed by atoms with E-state index in [0.717, 1.165) is 24.8 Å². The Morgan fingerprint density at radius 3 is 2.37 bits per heavy atom. The number of ether oxygens (including phenoxy) is 1. The molecular weight excluding hydrogens is 344 g/mol. The van der Waals surface area contributed by atoms with E-state index in [0.29, 0.717) is 26.1 Å². The minimum absolute atomic E-state index is 0.0211. The summed E-state index contributed by atoms with van der Waals surface area (Å²) in [6, 6.07) is 8.35. The molecule has 1 aliphatic heterocycles. The van der Waals surface area contributed by atoms with E-state index < -0.39 is 0 Å². The zero-order valence-corrected chi connectivity index (χ0v) is 16.3. The molecule has 1 aromatic carbocycles. The minimum atomic E-state index is -0.332. The van der Waals surface area contributed by atoms with Gasteiger partial charge in [-0.15, -0.1) is 0 Å². The summed E-state index contributed by atoms with van der Waals surface area (Å²) in [7, 11) is 0. The van der Waals surface area contributed by atoms with E-state index >= 15 is 0 Å². The van der Waals surface area contributed by atoms with Crippen molar-refractivity contribution >= 4 is 17.8 Å². The molecule has 1 aromatic rings. The van der Waals surface area contributed by atoms with Crippen LogP contribution in [0.4, 0.5) is 0 Å². The highest BCUT2D eigenvalue weighted by Crippen LogP contribution is 2.13. The molecule has 6 nitrogen and oxygen atoms in total. The largest absolute Gasteiger partial charge is 0.466 e. The molecule has 0 spiro atoms. The van der Waals surface area contributed by atoms with Crippen LogP contribution in [-0.4, -0.2) is 48.4 Å². The lowest BCUT2D eigenvalue weighted by atomic mass is 10.0. The first kappa shape index (κ1) is 20.9. The smallest absolute Gasteiger partial charge is 0.306 e. The number of hydrogen-bond donors (Lipinski definition) is 1. The van der Waals surface area contributed by atoms with Crippen molar-refractivity contribution in [3.63, 3.8) is 0 Å². The molecule has 1 saturated heterocycles. The van der Waals surface area contributed by atoms with Crippen molar-refractivity contribution in [2.45, 2.75) is 58.4 Å². The van der Waals surface area contributed by atoms with Crippen LogP contribution >= 0.6 is 0 Å². The van der Waals surface area contributed by atoms with Gasteiger partial charge in [-0.25, -0.2) is 0 Å². The van der Waals surface area contributed by atoms with Gasteiger partial charge in [-0.1, -0.05) is 29.8 Å². The molecule has 148 valence electrons. The van der Waals surface area contributed by atoms with Crippen molar-refractivity contribution in [2.24, 2.45) is 0 Å². The van der Waals surface area contributed by atoms with Gasteiger partial charge in [-0.2, -0.15) is 0 Å². The van der Waals surface area contributed by atoms with Crippen LogP contribution in [0.5, 0.6) is 0 Å². The average molecular weight is 374 g/mol. The van der Waals surface area contributed by atoms with Crippen LogP contribution in [0.25, 0.3) is 0 Å². The third kappa shape index (κ3) is 7.41. The van der Waals surface area contributed by atoms with Crippen molar-refractivity contribution in [1.29, 1.82) is 0 Å². The number of hydrogen-bond acceptors (Lipinski definition) is 4. The second kappa shape index (κ2) is 10.7. The van der Waals surface area contributed by atoms with Gasteiger partial charge in [0.2, 0.25) is 11.8 Å². The molecule has 2 amide bonds. The first-order valence-corrected chi connectivity index (χ1v) is 9.76. The van der Waals surface area contributed by atoms with Gasteiger partial charge in [0, 0.05) is 32.0 Å². The molecule has 1 fully saturated rings. The second-order valence-corrected chi connectivity index (χ2v) is 7.01. The summed E-state index contributed by atoms with van der Waals surface area (Å²) < 4.78 is 4.84. The number of rotatable bonds is 8. The van der Waals surface area contributed by atoms with Crippen molar-refractivity contribution in [3.05, 3.63) is 35.4 Å². The van der Waals surface area contributed by atoms with Gasteiger partial charge in [0.05, 0.1) is 13.0 Å². The summed E-state index contributed by atoms with van der Waals surface area (Å²) >= 11 is 0. The van der Waals surface area contributed by atoms with E-state index in [1.54, 1.807) is 11.8 Å². The normalized spacial score (nSPS) is 14.7. The molecule has 27 heavy (non-hydrogen) atoms. The summed E-state index contributed by atoms with van der Waals surface area (Å²) in [6.07, 6.45) is 3.02. The molecule has 2 rings (SSSR count). The fourth-order valence-electron chi connectivity index (χ4n) is 3.19. The van der Waals surface area contributed by atoms with Gasteiger partial charge in [-0.3, -0.25) is 14.4 Å². The van der Waals surface area contributed by atoms with Crippen LogP contribution in [0, 0.1) is 6.92 Å². The number of nitrogens with zero attached hydrogens (tertiary/aromatic N) is 1. The van der Waals surface area contributed by atoms with E-state index in [4.69, 9.17) is 4.74 Å². The minimum Gasteiger partial charge on any atom is -0.466 e. The zero-order chi connectivity index (χ0) is 19.6. The summed E-state index contributed by atoms with van der Waals surface area (Å²) in [6.45, 7) is 5.36. The van der Waals surface area contributed by atoms with Crippen molar-refractivity contribution in [1.82, 2.24) is 10.2 Å². The Balaban J connectivity index is 1.64. The molecule has 0 atom stereocenters. The van der Waals surface area contributed by atoms with E-state index in [2.05, 4.69) is 29.6 Å². The summed E-state index contributed by atoms with van der Waals surface area (Å²) in [5.41, 5.74) is 2.38. The Hall–Kier alpha value is -2.37. The molecule has 1 aliphatic rings. The monoisotopic (exact) mass is 374 g/mol. The number of aryl methyl sites for hydroxylation is 2. The first-order chi connectivity index (χ1) is 13.0. The highest BCUT2D eigenvalue weighted by molar-refractivity contribution is 5.81. The number of likely N-dealkylation sites (tertiary alicyclic amines) is 1. The Labute approximate surface area is 161 Å². The second-order valence-electron chi connectivity index (χ2n) is 7.01. The van der Waals surface area contributed by atoms with E-state index in [-0.39, 0.29) is 36.7 Å². The van der Waals surface area contributed by atoms with Gasteiger partial charge in [0.1, 0.15) is 0 Å². The van der Waals surface area contributed by atoms with Gasteiger partial charge in [0.15, 0.2) is 0 Å². The van der Waals surface area contributed by atoms with Crippen LogP contribution in [0.1, 0.15) is 50.2 Å². The highest BCUT2D eigenvalue weighted by Gasteiger charge is 2.24. The topological polar surface area (TPSA) is 75.7 Å². The van der Waals surface area contributed by atoms with Gasteiger partial charge in [-0.05, 0) is 38.7 Å². The molecule has 0 bridgehead atoms. The zero-order valence-electron chi connectivity index (χ0n) is 16.3. The quantitative estimate of drug-likeness (QED) is 0.709. The van der Waals surface area contributed by atoms with Gasteiger partial charge < -0.3 is 15.0 Å². The Bertz CT molecular complexity index is 634. The fourth-order valence-corrected chi connectivity index (χ4v) is 3.19. The molecular formula is C21H30N2O4. The number of carbonyl (C=O) groups excluding carboxylic acids is 3. The number of amides is 2. The summed E-state index contributed by atoms with van der Waals surface area (Å²) in [5.74, 6) is -0.295. The number of piperidine rings is 1. The fraction of sp³-hybridized carbons (Fsp3) is 0.571. The van der Waals surface area contributed by atoms with E-state index in [1.807, 2.05) is 6.92 Å². The van der Waals surface area contributed by atoms with Crippen molar-refractivity contribution < 1.29 is 19.1 Å². The molecule has 1 N–H and O–H groups in total. The SMILES string of the molecule is CCOC(=O)CCC(=O)N1CCC(NC(=O)CCc2ccc(C)cc2)CC1. The van der Waals surface area contributed by atoms with E-state index in [1.165, 1.54) is 5.56 Å². The Kier molecular flexibility index (Phi) is 8.30. The lowest BCUT2D eigenvalue weighted by Gasteiger charge is -2.32. The average Bonchev–Trinajstić information content (AvgIpc) is 2.66. The highest BCUT2D eigenvalue weighted by atomic mass is 16.5. The number of nitrogens with one attached hydrogen (secondary N) is 1. The van der Waals surface area contributed by atoms with Crippen LogP contribution in [0.2, 0.25) is 0 Å². The third-order valence-electron chi connectivity index (χ3n) is 4.82. The summed E-state index contributed by atoms with van der Waals surface area (Å²) in [4.78, 5) is 37.4. The lowest BCUT2D eigenvalue weighted by molar-refractivity contribution is -0.146. The maximum absolute atomic E-state index is 12.2. The van der Waals surface area contributed by atoms with Crippen LogP contribution < -0.4 is 5.32 Å².